The topological polar surface area (TPSA) is 64.6 Å². The van der Waals surface area contributed by atoms with E-state index in [1.54, 1.807) is 13.8 Å². The largest absolute Gasteiger partial charge is 0.349 e. The number of rotatable bonds is 7. The molecule has 0 saturated heterocycles. The van der Waals surface area contributed by atoms with Gasteiger partial charge in [-0.1, -0.05) is 6.58 Å². The first-order chi connectivity index (χ1) is 6.58. The second-order valence-corrected chi connectivity index (χ2v) is 4.40. The summed E-state index contributed by atoms with van der Waals surface area (Å²) < 4.78 is 21.6. The van der Waals surface area contributed by atoms with Crippen LogP contribution in [0.3, 0.4) is 0 Å². The highest BCUT2D eigenvalue weighted by Crippen LogP contribution is 2.46. The minimum Gasteiger partial charge on any atom is -0.341 e. The van der Waals surface area contributed by atoms with Crippen molar-refractivity contribution in [1.29, 1.82) is 0 Å². The summed E-state index contributed by atoms with van der Waals surface area (Å²) in [6.45, 7) is 7.25. The van der Waals surface area contributed by atoms with Gasteiger partial charge in [0.2, 0.25) is 5.91 Å². The maximum absolute atomic E-state index is 11.7. The van der Waals surface area contributed by atoms with Crippen molar-refractivity contribution in [2.24, 2.45) is 0 Å². The number of nitrogens with one attached hydrogen (secondary N) is 1. The number of hydrogen-bond donors (Lipinski definition) is 1. The van der Waals surface area contributed by atoms with Crippen molar-refractivity contribution in [2.45, 2.75) is 13.8 Å². The Kier molecular flexibility index (Phi) is 6.45. The van der Waals surface area contributed by atoms with E-state index < -0.39 is 13.5 Å². The molecule has 0 saturated carbocycles. The molecule has 0 unspecified atom stereocenters. The van der Waals surface area contributed by atoms with Gasteiger partial charge in [-0.15, -0.1) is 0 Å². The zero-order valence-electron chi connectivity index (χ0n) is 8.49. The Morgan fingerprint density at radius 1 is 1.43 bits per heavy atom. The summed E-state index contributed by atoms with van der Waals surface area (Å²) in [5, 5.41) is 2.37. The van der Waals surface area contributed by atoms with Gasteiger partial charge in [0.05, 0.1) is 13.2 Å². The van der Waals surface area contributed by atoms with Crippen LogP contribution in [0, 0.1) is 0 Å². The Balaban J connectivity index is 4.15. The number of carbonyl (C=O) groups excluding carboxylic acids is 1. The van der Waals surface area contributed by atoms with Gasteiger partial charge in [-0.2, -0.15) is 0 Å². The summed E-state index contributed by atoms with van der Waals surface area (Å²) in [6, 6.07) is 0. The minimum absolute atomic E-state index is 0.125. The standard InChI is InChI=1S/C8H16NO4P/c1-4-8(10)9-7-14(11,12-5-2)13-6-3/h4H,1,5-7H2,2-3H3,(H,9,10). The zero-order valence-corrected chi connectivity index (χ0v) is 9.38. The van der Waals surface area contributed by atoms with Crippen molar-refractivity contribution >= 4 is 13.5 Å². The van der Waals surface area contributed by atoms with Gasteiger partial charge in [0, 0.05) is 0 Å². The smallest absolute Gasteiger partial charge is 0.341 e. The lowest BCUT2D eigenvalue weighted by Gasteiger charge is -2.16. The zero-order chi connectivity index (χ0) is 11.0. The monoisotopic (exact) mass is 221 g/mol. The maximum atomic E-state index is 11.7. The van der Waals surface area contributed by atoms with Crippen LogP contribution in [0.1, 0.15) is 13.8 Å². The average molecular weight is 221 g/mol. The van der Waals surface area contributed by atoms with Gasteiger partial charge in [-0.25, -0.2) is 0 Å². The minimum atomic E-state index is -3.17. The fraction of sp³-hybridized carbons (Fsp3) is 0.625. The van der Waals surface area contributed by atoms with E-state index in [1.807, 2.05) is 0 Å². The molecule has 0 aromatic carbocycles. The van der Waals surface area contributed by atoms with Crippen LogP contribution in [0.4, 0.5) is 0 Å². The van der Waals surface area contributed by atoms with E-state index in [0.717, 1.165) is 6.08 Å². The van der Waals surface area contributed by atoms with Crippen molar-refractivity contribution in [2.75, 3.05) is 19.5 Å². The highest BCUT2D eigenvalue weighted by Gasteiger charge is 2.23. The fourth-order valence-corrected chi connectivity index (χ4v) is 2.16. The van der Waals surface area contributed by atoms with Crippen LogP contribution in [-0.4, -0.2) is 25.4 Å². The van der Waals surface area contributed by atoms with Crippen LogP contribution < -0.4 is 5.32 Å². The Bertz CT molecular complexity index is 231. The molecule has 1 N–H and O–H groups in total. The predicted molar refractivity (Wildman–Crippen MR) is 54.1 cm³/mol. The van der Waals surface area contributed by atoms with Gasteiger partial charge < -0.3 is 14.4 Å². The molecule has 0 aliphatic carbocycles. The third-order valence-electron chi connectivity index (χ3n) is 1.28. The summed E-state index contributed by atoms with van der Waals surface area (Å²) in [5.41, 5.74) is 0. The van der Waals surface area contributed by atoms with Gasteiger partial charge in [-0.05, 0) is 19.9 Å². The molecule has 0 aliphatic heterocycles. The second kappa shape index (κ2) is 6.76. The van der Waals surface area contributed by atoms with Gasteiger partial charge >= 0.3 is 7.60 Å². The quantitative estimate of drug-likeness (QED) is 0.522. The lowest BCUT2D eigenvalue weighted by atomic mass is 10.6. The molecule has 0 bridgehead atoms. The lowest BCUT2D eigenvalue weighted by molar-refractivity contribution is -0.116. The first-order valence-corrected chi connectivity index (χ1v) is 6.09. The Hall–Kier alpha value is -0.640. The van der Waals surface area contributed by atoms with Crippen LogP contribution >= 0.6 is 7.60 Å². The molecule has 0 atom stereocenters. The van der Waals surface area contributed by atoms with Crippen molar-refractivity contribution in [3.05, 3.63) is 12.7 Å². The van der Waals surface area contributed by atoms with Gasteiger partial charge in [-0.3, -0.25) is 9.36 Å². The summed E-state index contributed by atoms with van der Waals surface area (Å²) in [5.74, 6) is -0.398. The van der Waals surface area contributed by atoms with Gasteiger partial charge in [0.25, 0.3) is 0 Å². The molecule has 0 radical (unpaired) electrons. The van der Waals surface area contributed by atoms with E-state index in [2.05, 4.69) is 11.9 Å². The molecule has 14 heavy (non-hydrogen) atoms. The van der Waals surface area contributed by atoms with E-state index >= 15 is 0 Å². The molecule has 1 amide bonds. The van der Waals surface area contributed by atoms with Crippen LogP contribution in [0.5, 0.6) is 0 Å². The molecular formula is C8H16NO4P. The number of hydrogen-bond acceptors (Lipinski definition) is 4. The van der Waals surface area contributed by atoms with E-state index in [9.17, 15) is 9.36 Å². The van der Waals surface area contributed by atoms with Crippen molar-refractivity contribution in [3.63, 3.8) is 0 Å². The Labute approximate surface area is 84.0 Å². The van der Waals surface area contributed by atoms with Crippen molar-refractivity contribution < 1.29 is 18.4 Å². The van der Waals surface area contributed by atoms with Gasteiger partial charge in [0.15, 0.2) is 0 Å². The van der Waals surface area contributed by atoms with Crippen LogP contribution in [0.2, 0.25) is 0 Å². The number of carbonyl (C=O) groups is 1. The fourth-order valence-electron chi connectivity index (χ4n) is 0.769. The lowest BCUT2D eigenvalue weighted by Crippen LogP contribution is -2.23. The van der Waals surface area contributed by atoms with E-state index in [4.69, 9.17) is 9.05 Å². The SMILES string of the molecule is C=CC(=O)NCP(=O)(OCC)OCC. The molecule has 0 rings (SSSR count). The molecule has 5 nitrogen and oxygen atoms in total. The first-order valence-electron chi connectivity index (χ1n) is 4.36. The third-order valence-corrected chi connectivity index (χ3v) is 3.13. The highest BCUT2D eigenvalue weighted by atomic mass is 31.2. The highest BCUT2D eigenvalue weighted by molar-refractivity contribution is 7.53. The molecule has 0 fully saturated rings. The Morgan fingerprint density at radius 2 is 1.93 bits per heavy atom. The molecule has 0 aromatic heterocycles. The molecule has 0 aliphatic rings. The predicted octanol–water partition coefficient (Wildman–Crippen LogP) is 1.51. The normalized spacial score (nSPS) is 11.0. The maximum Gasteiger partial charge on any atom is 0.349 e. The average Bonchev–Trinajstić information content (AvgIpc) is 2.15. The van der Waals surface area contributed by atoms with Crippen LogP contribution in [0.15, 0.2) is 12.7 Å². The van der Waals surface area contributed by atoms with Crippen LogP contribution in [-0.2, 0) is 18.4 Å². The van der Waals surface area contributed by atoms with E-state index in [-0.39, 0.29) is 19.5 Å². The summed E-state index contributed by atoms with van der Waals surface area (Å²) in [4.78, 5) is 10.8. The molecule has 0 heterocycles. The van der Waals surface area contributed by atoms with Crippen molar-refractivity contribution in [3.8, 4) is 0 Å². The van der Waals surface area contributed by atoms with Gasteiger partial charge in [0.1, 0.15) is 6.29 Å². The first kappa shape index (κ1) is 13.4. The molecular weight excluding hydrogens is 205 g/mol. The third kappa shape index (κ3) is 5.17. The van der Waals surface area contributed by atoms with E-state index in [0.29, 0.717) is 0 Å². The summed E-state index contributed by atoms with van der Waals surface area (Å²) in [7, 11) is -3.17. The molecule has 0 spiro atoms. The second-order valence-electron chi connectivity index (χ2n) is 2.35. The van der Waals surface area contributed by atoms with Crippen LogP contribution in [0.25, 0.3) is 0 Å². The number of amides is 1. The molecule has 0 aromatic rings. The molecule has 6 heteroatoms. The summed E-state index contributed by atoms with van der Waals surface area (Å²) in [6.07, 6.45) is 0.974. The summed E-state index contributed by atoms with van der Waals surface area (Å²) >= 11 is 0. The molecule has 82 valence electrons. The van der Waals surface area contributed by atoms with Crippen molar-refractivity contribution in [1.82, 2.24) is 5.32 Å². The Morgan fingerprint density at radius 3 is 2.29 bits per heavy atom. The van der Waals surface area contributed by atoms with E-state index in [1.165, 1.54) is 0 Å².